The summed E-state index contributed by atoms with van der Waals surface area (Å²) in [5, 5.41) is 10.5. The minimum atomic E-state index is -0.516. The van der Waals surface area contributed by atoms with E-state index < -0.39 is 6.10 Å². The Labute approximate surface area is 184 Å². The molecule has 0 radical (unpaired) electrons. The molecule has 0 aromatic heterocycles. The first-order valence-corrected chi connectivity index (χ1v) is 11.3. The van der Waals surface area contributed by atoms with Crippen LogP contribution in [-0.2, 0) is 12.0 Å². The van der Waals surface area contributed by atoms with Crippen molar-refractivity contribution in [2.24, 2.45) is 5.41 Å². The SMILES string of the molecule is CCCN(Cc1ccccc1)C[C@@H](O)COc1ccc(C(C)(C)CC(C)(C)C)cc1. The van der Waals surface area contributed by atoms with Crippen molar-refractivity contribution < 1.29 is 9.84 Å². The number of ether oxygens (including phenoxy) is 1. The molecule has 0 unspecified atom stereocenters. The second-order valence-electron chi connectivity index (χ2n) is 10.3. The number of hydrogen-bond donors (Lipinski definition) is 1. The zero-order chi connectivity index (χ0) is 22.2. The lowest BCUT2D eigenvalue weighted by Crippen LogP contribution is -2.35. The molecule has 2 aromatic rings. The smallest absolute Gasteiger partial charge is 0.119 e. The van der Waals surface area contributed by atoms with Crippen molar-refractivity contribution in [2.45, 2.75) is 72.4 Å². The maximum atomic E-state index is 10.5. The zero-order valence-corrected chi connectivity index (χ0v) is 19.8. The molecule has 0 aliphatic heterocycles. The number of rotatable bonds is 11. The number of aliphatic hydroxyl groups excluding tert-OH is 1. The number of benzene rings is 2. The van der Waals surface area contributed by atoms with Gasteiger partial charge in [0.05, 0.1) is 0 Å². The summed E-state index contributed by atoms with van der Waals surface area (Å²) in [6.07, 6.45) is 1.66. The highest BCUT2D eigenvalue weighted by Crippen LogP contribution is 2.36. The molecule has 3 nitrogen and oxygen atoms in total. The van der Waals surface area contributed by atoms with Gasteiger partial charge in [0, 0.05) is 13.1 Å². The molecule has 0 aliphatic rings. The monoisotopic (exact) mass is 411 g/mol. The Hall–Kier alpha value is -1.84. The highest BCUT2D eigenvalue weighted by atomic mass is 16.5. The maximum absolute atomic E-state index is 10.5. The molecule has 1 atom stereocenters. The second kappa shape index (κ2) is 11.0. The van der Waals surface area contributed by atoms with Gasteiger partial charge in [-0.3, -0.25) is 4.90 Å². The van der Waals surface area contributed by atoms with Crippen LogP contribution in [0.5, 0.6) is 5.75 Å². The van der Waals surface area contributed by atoms with Crippen molar-refractivity contribution in [3.05, 3.63) is 65.7 Å². The van der Waals surface area contributed by atoms with E-state index in [1.165, 1.54) is 11.1 Å². The number of hydrogen-bond acceptors (Lipinski definition) is 3. The lowest BCUT2D eigenvalue weighted by Gasteiger charge is -2.33. The van der Waals surface area contributed by atoms with Crippen LogP contribution in [0.25, 0.3) is 0 Å². The molecule has 0 fully saturated rings. The average molecular weight is 412 g/mol. The predicted molar refractivity (Wildman–Crippen MR) is 127 cm³/mol. The van der Waals surface area contributed by atoms with Crippen LogP contribution in [-0.4, -0.2) is 35.8 Å². The number of nitrogens with zero attached hydrogens (tertiary/aromatic N) is 1. The predicted octanol–water partition coefficient (Wildman–Crippen LogP) is 6.05. The van der Waals surface area contributed by atoms with Crippen LogP contribution in [0, 0.1) is 5.41 Å². The van der Waals surface area contributed by atoms with Crippen molar-refractivity contribution in [2.75, 3.05) is 19.7 Å². The molecule has 0 spiro atoms. The Bertz CT molecular complexity index is 732. The fourth-order valence-corrected chi connectivity index (χ4v) is 4.37. The summed E-state index contributed by atoms with van der Waals surface area (Å²) in [7, 11) is 0. The fraction of sp³-hybridized carbons (Fsp3) is 0.556. The molecule has 2 rings (SSSR count). The van der Waals surface area contributed by atoms with Crippen LogP contribution >= 0.6 is 0 Å². The summed E-state index contributed by atoms with van der Waals surface area (Å²) >= 11 is 0. The molecule has 1 N–H and O–H groups in total. The first-order chi connectivity index (χ1) is 14.1. The van der Waals surface area contributed by atoms with Crippen molar-refractivity contribution >= 4 is 0 Å². The zero-order valence-electron chi connectivity index (χ0n) is 19.8. The van der Waals surface area contributed by atoms with E-state index in [1.54, 1.807) is 0 Å². The van der Waals surface area contributed by atoms with Crippen LogP contribution in [0.1, 0.15) is 65.5 Å². The van der Waals surface area contributed by atoms with Crippen LogP contribution in [0.4, 0.5) is 0 Å². The van der Waals surface area contributed by atoms with Crippen LogP contribution in [0.2, 0.25) is 0 Å². The third-order valence-corrected chi connectivity index (χ3v) is 5.31. The minimum Gasteiger partial charge on any atom is -0.491 e. The van der Waals surface area contributed by atoms with Gasteiger partial charge in [0.25, 0.3) is 0 Å². The van der Waals surface area contributed by atoms with Gasteiger partial charge in [-0.05, 0) is 53.5 Å². The Morgan fingerprint density at radius 3 is 2.13 bits per heavy atom. The summed E-state index contributed by atoms with van der Waals surface area (Å²) in [4.78, 5) is 2.29. The Morgan fingerprint density at radius 2 is 1.57 bits per heavy atom. The van der Waals surface area contributed by atoms with Crippen molar-refractivity contribution in [3.63, 3.8) is 0 Å². The average Bonchev–Trinajstić information content (AvgIpc) is 2.66. The Balaban J connectivity index is 1.88. The lowest BCUT2D eigenvalue weighted by molar-refractivity contribution is 0.0656. The summed E-state index contributed by atoms with van der Waals surface area (Å²) in [6, 6.07) is 18.8. The summed E-state index contributed by atoms with van der Waals surface area (Å²) < 4.78 is 5.89. The molecule has 0 saturated carbocycles. The van der Waals surface area contributed by atoms with Crippen molar-refractivity contribution in [3.8, 4) is 5.75 Å². The largest absolute Gasteiger partial charge is 0.491 e. The quantitative estimate of drug-likeness (QED) is 0.488. The van der Waals surface area contributed by atoms with Gasteiger partial charge in [-0.1, -0.05) is 84.0 Å². The van der Waals surface area contributed by atoms with Crippen LogP contribution in [0.15, 0.2) is 54.6 Å². The first-order valence-electron chi connectivity index (χ1n) is 11.3. The standard InChI is InChI=1S/C27H41NO2/c1-7-17-28(18-22-11-9-8-10-12-22)19-24(29)20-30-25-15-13-23(14-16-25)27(5,6)21-26(2,3)4/h8-16,24,29H,7,17-21H2,1-6H3/t24-/m1/s1. The fourth-order valence-electron chi connectivity index (χ4n) is 4.37. The van der Waals surface area contributed by atoms with E-state index in [4.69, 9.17) is 4.74 Å². The van der Waals surface area contributed by atoms with Gasteiger partial charge in [0.2, 0.25) is 0 Å². The van der Waals surface area contributed by atoms with Crippen molar-refractivity contribution in [1.29, 1.82) is 0 Å². The minimum absolute atomic E-state index is 0.119. The van der Waals surface area contributed by atoms with E-state index in [1.807, 2.05) is 18.2 Å². The van der Waals surface area contributed by atoms with Gasteiger partial charge in [-0.25, -0.2) is 0 Å². The van der Waals surface area contributed by atoms with Gasteiger partial charge in [0.15, 0.2) is 0 Å². The van der Waals surface area contributed by atoms with E-state index in [2.05, 4.69) is 82.8 Å². The van der Waals surface area contributed by atoms with E-state index in [9.17, 15) is 5.11 Å². The summed E-state index contributed by atoms with van der Waals surface area (Å²) in [6.45, 7) is 16.4. The van der Waals surface area contributed by atoms with Gasteiger partial charge in [-0.2, -0.15) is 0 Å². The molecule has 30 heavy (non-hydrogen) atoms. The third kappa shape index (κ3) is 8.49. The Kier molecular flexibility index (Phi) is 8.93. The van der Waals surface area contributed by atoms with Crippen LogP contribution in [0.3, 0.4) is 0 Å². The molecular weight excluding hydrogens is 370 g/mol. The van der Waals surface area contributed by atoms with Gasteiger partial charge >= 0.3 is 0 Å². The number of aliphatic hydroxyl groups is 1. The molecule has 2 aromatic carbocycles. The molecule has 0 bridgehead atoms. The van der Waals surface area contributed by atoms with Gasteiger partial charge in [0.1, 0.15) is 18.5 Å². The molecule has 3 heteroatoms. The molecular formula is C27H41NO2. The Morgan fingerprint density at radius 1 is 0.933 bits per heavy atom. The molecule has 0 aliphatic carbocycles. The highest BCUT2D eigenvalue weighted by Gasteiger charge is 2.27. The van der Waals surface area contributed by atoms with E-state index >= 15 is 0 Å². The van der Waals surface area contributed by atoms with E-state index in [0.29, 0.717) is 13.2 Å². The lowest BCUT2D eigenvalue weighted by atomic mass is 9.72. The van der Waals surface area contributed by atoms with Gasteiger partial charge in [-0.15, -0.1) is 0 Å². The normalized spacial score (nSPS) is 13.5. The molecule has 0 saturated heterocycles. The third-order valence-electron chi connectivity index (χ3n) is 5.31. The molecule has 166 valence electrons. The van der Waals surface area contributed by atoms with E-state index in [0.717, 1.165) is 31.7 Å². The highest BCUT2D eigenvalue weighted by molar-refractivity contribution is 5.31. The molecule has 0 amide bonds. The van der Waals surface area contributed by atoms with Crippen molar-refractivity contribution in [1.82, 2.24) is 4.90 Å². The summed E-state index contributed by atoms with van der Waals surface area (Å²) in [5.41, 5.74) is 3.00. The first kappa shape index (κ1) is 24.4. The van der Waals surface area contributed by atoms with Crippen LogP contribution < -0.4 is 4.74 Å². The maximum Gasteiger partial charge on any atom is 0.119 e. The topological polar surface area (TPSA) is 32.7 Å². The molecule has 0 heterocycles. The second-order valence-corrected chi connectivity index (χ2v) is 10.3. The van der Waals surface area contributed by atoms with Gasteiger partial charge < -0.3 is 9.84 Å². The summed E-state index contributed by atoms with van der Waals surface area (Å²) in [5.74, 6) is 0.814. The van der Waals surface area contributed by atoms with E-state index in [-0.39, 0.29) is 10.8 Å².